The minimum absolute atomic E-state index is 0.121. The van der Waals surface area contributed by atoms with E-state index in [4.69, 9.17) is 0 Å². The zero-order valence-electron chi connectivity index (χ0n) is 14.8. The lowest BCUT2D eigenvalue weighted by atomic mass is 10.1. The van der Waals surface area contributed by atoms with Gasteiger partial charge in [0.1, 0.15) is 11.6 Å². The van der Waals surface area contributed by atoms with Crippen LogP contribution in [-0.2, 0) is 4.79 Å². The van der Waals surface area contributed by atoms with Crippen LogP contribution in [0.4, 0.5) is 14.5 Å². The molecule has 1 heterocycles. The van der Waals surface area contributed by atoms with Gasteiger partial charge in [0.25, 0.3) is 5.91 Å². The van der Waals surface area contributed by atoms with Gasteiger partial charge in [0.2, 0.25) is 0 Å². The highest BCUT2D eigenvalue weighted by Crippen LogP contribution is 2.17. The molecule has 1 atom stereocenters. The minimum atomic E-state index is -0.637. The van der Waals surface area contributed by atoms with Gasteiger partial charge in [-0.3, -0.25) is 4.79 Å². The largest absolute Gasteiger partial charge is 0.360 e. The van der Waals surface area contributed by atoms with Crippen molar-refractivity contribution >= 4 is 11.6 Å². The molecule has 26 heavy (non-hydrogen) atoms. The van der Waals surface area contributed by atoms with Crippen molar-refractivity contribution in [3.05, 3.63) is 65.7 Å². The van der Waals surface area contributed by atoms with E-state index in [9.17, 15) is 13.6 Å². The normalized spacial score (nSPS) is 16.3. The summed E-state index contributed by atoms with van der Waals surface area (Å²) >= 11 is 0. The number of hydrogen-bond acceptors (Lipinski definition) is 2. The number of rotatable bonds is 5. The van der Waals surface area contributed by atoms with Crippen LogP contribution in [0.3, 0.4) is 0 Å². The first-order valence-corrected chi connectivity index (χ1v) is 8.91. The quantitative estimate of drug-likeness (QED) is 0.849. The summed E-state index contributed by atoms with van der Waals surface area (Å²) in [5.41, 5.74) is 1.50. The number of amides is 1. The number of hydrogen-bond donors (Lipinski definition) is 2. The molecule has 4 nitrogen and oxygen atoms in total. The molecule has 0 radical (unpaired) electrons. The summed E-state index contributed by atoms with van der Waals surface area (Å²) in [6.07, 6.45) is 0. The molecule has 2 aromatic carbocycles. The summed E-state index contributed by atoms with van der Waals surface area (Å²) in [7, 11) is 0. The van der Waals surface area contributed by atoms with Crippen molar-refractivity contribution < 1.29 is 18.5 Å². The van der Waals surface area contributed by atoms with Gasteiger partial charge >= 0.3 is 0 Å². The van der Waals surface area contributed by atoms with Gasteiger partial charge < -0.3 is 15.1 Å². The Kier molecular flexibility index (Phi) is 5.83. The van der Waals surface area contributed by atoms with Crippen LogP contribution in [0.5, 0.6) is 0 Å². The van der Waals surface area contributed by atoms with Crippen LogP contribution in [0.15, 0.2) is 48.5 Å². The standard InChI is InChI=1S/C20H23F2N3O/c1-15(18-8-7-16(21)13-19(18)22)23-20(26)14-24-9-11-25(12-10-24)17-5-3-2-4-6-17/h2-8,13,15H,9-12,14H2,1H3,(H,23,26)/p+1/t15-/m0/s1. The summed E-state index contributed by atoms with van der Waals surface area (Å²) in [6.45, 7) is 5.61. The van der Waals surface area contributed by atoms with E-state index in [2.05, 4.69) is 22.3 Å². The highest BCUT2D eigenvalue weighted by molar-refractivity contribution is 5.77. The molecule has 1 saturated heterocycles. The second kappa shape index (κ2) is 8.27. The summed E-state index contributed by atoms with van der Waals surface area (Å²) in [4.78, 5) is 15.8. The van der Waals surface area contributed by atoms with Gasteiger partial charge in [0, 0.05) is 17.3 Å². The lowest BCUT2D eigenvalue weighted by molar-refractivity contribution is -0.892. The predicted molar refractivity (Wildman–Crippen MR) is 97.1 cm³/mol. The van der Waals surface area contributed by atoms with Crippen LogP contribution in [0.25, 0.3) is 0 Å². The highest BCUT2D eigenvalue weighted by Gasteiger charge is 2.23. The Morgan fingerprint density at radius 2 is 1.85 bits per heavy atom. The average Bonchev–Trinajstić information content (AvgIpc) is 2.63. The first kappa shape index (κ1) is 18.3. The third-order valence-corrected chi connectivity index (χ3v) is 4.81. The number of carbonyl (C=O) groups excluding carboxylic acids is 1. The predicted octanol–water partition coefficient (Wildman–Crippen LogP) is 1.55. The van der Waals surface area contributed by atoms with Crippen molar-refractivity contribution in [2.24, 2.45) is 0 Å². The van der Waals surface area contributed by atoms with Gasteiger partial charge in [-0.25, -0.2) is 8.78 Å². The lowest BCUT2D eigenvalue weighted by Crippen LogP contribution is -3.15. The van der Waals surface area contributed by atoms with Crippen LogP contribution in [0.2, 0.25) is 0 Å². The molecule has 0 bridgehead atoms. The summed E-state index contributed by atoms with van der Waals surface area (Å²) in [5.74, 6) is -1.38. The van der Waals surface area contributed by atoms with Gasteiger partial charge in [-0.15, -0.1) is 0 Å². The van der Waals surface area contributed by atoms with Gasteiger partial charge in [0.05, 0.1) is 32.2 Å². The van der Waals surface area contributed by atoms with Crippen molar-refractivity contribution in [1.82, 2.24) is 5.32 Å². The summed E-state index contributed by atoms with van der Waals surface area (Å²) in [5, 5.41) is 2.81. The molecule has 0 aliphatic carbocycles. The molecule has 0 unspecified atom stereocenters. The number of quaternary nitrogens is 1. The Morgan fingerprint density at radius 1 is 1.15 bits per heavy atom. The van der Waals surface area contributed by atoms with E-state index < -0.39 is 17.7 Å². The molecule has 6 heteroatoms. The molecule has 1 aliphatic rings. The van der Waals surface area contributed by atoms with E-state index in [-0.39, 0.29) is 5.91 Å². The number of halogens is 2. The monoisotopic (exact) mass is 360 g/mol. The molecule has 0 aromatic heterocycles. The summed E-state index contributed by atoms with van der Waals surface area (Å²) < 4.78 is 26.8. The number of benzene rings is 2. The molecule has 2 N–H and O–H groups in total. The van der Waals surface area contributed by atoms with Crippen LogP contribution in [-0.4, -0.2) is 38.6 Å². The average molecular weight is 360 g/mol. The fourth-order valence-electron chi connectivity index (χ4n) is 3.35. The van der Waals surface area contributed by atoms with Crippen molar-refractivity contribution in [3.63, 3.8) is 0 Å². The molecular formula is C20H24F2N3O+. The smallest absolute Gasteiger partial charge is 0.275 e. The van der Waals surface area contributed by atoms with E-state index in [1.165, 1.54) is 22.7 Å². The zero-order valence-corrected chi connectivity index (χ0v) is 14.8. The van der Waals surface area contributed by atoms with Gasteiger partial charge in [-0.2, -0.15) is 0 Å². The third kappa shape index (κ3) is 4.58. The zero-order chi connectivity index (χ0) is 18.5. The SMILES string of the molecule is C[C@H](NC(=O)C[NH+]1CCN(c2ccccc2)CC1)c1ccc(F)cc1F. The third-order valence-electron chi connectivity index (χ3n) is 4.81. The van der Waals surface area contributed by atoms with Crippen molar-refractivity contribution in [1.29, 1.82) is 0 Å². The molecule has 3 rings (SSSR count). The first-order valence-electron chi connectivity index (χ1n) is 8.91. The van der Waals surface area contributed by atoms with Gasteiger partial charge in [-0.05, 0) is 25.1 Å². The molecule has 1 fully saturated rings. The fraction of sp³-hybridized carbons (Fsp3) is 0.350. The van der Waals surface area contributed by atoms with E-state index in [0.717, 1.165) is 32.2 Å². The maximum atomic E-state index is 13.8. The van der Waals surface area contributed by atoms with E-state index >= 15 is 0 Å². The molecule has 0 saturated carbocycles. The van der Waals surface area contributed by atoms with E-state index in [1.807, 2.05) is 18.2 Å². The Hall–Kier alpha value is -2.47. The number of piperazine rings is 1. The molecule has 1 aliphatic heterocycles. The Balaban J connectivity index is 1.48. The lowest BCUT2D eigenvalue weighted by Gasteiger charge is -2.33. The molecule has 2 aromatic rings. The van der Waals surface area contributed by atoms with Crippen molar-refractivity contribution in [2.45, 2.75) is 13.0 Å². The van der Waals surface area contributed by atoms with Crippen LogP contribution in [0.1, 0.15) is 18.5 Å². The maximum absolute atomic E-state index is 13.8. The second-order valence-corrected chi connectivity index (χ2v) is 6.70. The van der Waals surface area contributed by atoms with Crippen LogP contribution < -0.4 is 15.1 Å². The molecule has 138 valence electrons. The van der Waals surface area contributed by atoms with Crippen molar-refractivity contribution in [3.8, 4) is 0 Å². The Bertz CT molecular complexity index is 746. The highest BCUT2D eigenvalue weighted by atomic mass is 19.1. The second-order valence-electron chi connectivity index (χ2n) is 6.70. The number of carbonyl (C=O) groups is 1. The Morgan fingerprint density at radius 3 is 2.50 bits per heavy atom. The minimum Gasteiger partial charge on any atom is -0.360 e. The van der Waals surface area contributed by atoms with Crippen molar-refractivity contribution in [2.75, 3.05) is 37.6 Å². The van der Waals surface area contributed by atoms with Gasteiger partial charge in [-0.1, -0.05) is 24.3 Å². The first-order chi connectivity index (χ1) is 12.5. The molecule has 1 amide bonds. The number of para-hydroxylation sites is 1. The van der Waals surface area contributed by atoms with Crippen LogP contribution in [0, 0.1) is 11.6 Å². The number of nitrogens with one attached hydrogen (secondary N) is 2. The van der Waals surface area contributed by atoms with E-state index in [1.54, 1.807) is 6.92 Å². The van der Waals surface area contributed by atoms with Crippen LogP contribution >= 0.6 is 0 Å². The topological polar surface area (TPSA) is 36.8 Å². The molecular weight excluding hydrogens is 336 g/mol. The van der Waals surface area contributed by atoms with E-state index in [0.29, 0.717) is 12.1 Å². The Labute approximate surface area is 152 Å². The maximum Gasteiger partial charge on any atom is 0.275 e. The number of anilines is 1. The fourth-order valence-corrected chi connectivity index (χ4v) is 3.35. The molecule has 0 spiro atoms. The number of nitrogens with zero attached hydrogens (tertiary/aromatic N) is 1. The summed E-state index contributed by atoms with van der Waals surface area (Å²) in [6, 6.07) is 13.2. The van der Waals surface area contributed by atoms with Gasteiger partial charge in [0.15, 0.2) is 6.54 Å².